The SMILES string of the molecule is CC(C)(C)CC1=CS(=O)(=O)C=C1CC(C)(C)C. The van der Waals surface area contributed by atoms with E-state index in [1.54, 1.807) is 0 Å². The van der Waals surface area contributed by atoms with Crippen molar-refractivity contribution in [1.82, 2.24) is 0 Å². The van der Waals surface area contributed by atoms with Crippen LogP contribution < -0.4 is 0 Å². The first kappa shape index (κ1) is 14.5. The minimum Gasteiger partial charge on any atom is -0.220 e. The lowest BCUT2D eigenvalue weighted by Gasteiger charge is -2.24. The van der Waals surface area contributed by atoms with Gasteiger partial charge in [0.2, 0.25) is 0 Å². The average molecular weight is 256 g/mol. The van der Waals surface area contributed by atoms with Gasteiger partial charge in [-0.25, -0.2) is 8.42 Å². The van der Waals surface area contributed by atoms with Gasteiger partial charge in [-0.2, -0.15) is 0 Å². The molecule has 1 heterocycles. The van der Waals surface area contributed by atoms with E-state index >= 15 is 0 Å². The largest absolute Gasteiger partial charge is 0.220 e. The summed E-state index contributed by atoms with van der Waals surface area (Å²) in [6, 6.07) is 0. The van der Waals surface area contributed by atoms with Crippen molar-refractivity contribution in [2.24, 2.45) is 10.8 Å². The lowest BCUT2D eigenvalue weighted by atomic mass is 9.81. The molecule has 2 nitrogen and oxygen atoms in total. The molecule has 0 aliphatic carbocycles. The fourth-order valence-electron chi connectivity index (χ4n) is 2.04. The third kappa shape index (κ3) is 5.07. The van der Waals surface area contributed by atoms with Crippen LogP contribution in [0.25, 0.3) is 0 Å². The predicted octanol–water partition coefficient (Wildman–Crippen LogP) is 4.06. The van der Waals surface area contributed by atoms with Gasteiger partial charge in [0.25, 0.3) is 0 Å². The van der Waals surface area contributed by atoms with E-state index in [0.717, 1.165) is 24.0 Å². The summed E-state index contributed by atoms with van der Waals surface area (Å²) in [7, 11) is -3.11. The van der Waals surface area contributed by atoms with Crippen molar-refractivity contribution >= 4 is 9.84 Å². The third-order valence-corrected chi connectivity index (χ3v) is 3.69. The highest BCUT2D eigenvalue weighted by atomic mass is 32.2. The number of sulfone groups is 1. The quantitative estimate of drug-likeness (QED) is 0.746. The molecule has 0 saturated heterocycles. The molecule has 0 N–H and O–H groups in total. The van der Waals surface area contributed by atoms with Gasteiger partial charge in [0.05, 0.1) is 0 Å². The van der Waals surface area contributed by atoms with E-state index in [1.165, 1.54) is 10.8 Å². The van der Waals surface area contributed by atoms with Gasteiger partial charge in [0.1, 0.15) is 0 Å². The Morgan fingerprint density at radius 1 is 0.824 bits per heavy atom. The number of rotatable bonds is 2. The Hall–Kier alpha value is -0.570. The Morgan fingerprint density at radius 3 is 1.35 bits per heavy atom. The molecular formula is C14H24O2S. The van der Waals surface area contributed by atoms with Gasteiger partial charge in [-0.15, -0.1) is 0 Å². The van der Waals surface area contributed by atoms with Gasteiger partial charge < -0.3 is 0 Å². The number of allylic oxidation sites excluding steroid dienone is 2. The van der Waals surface area contributed by atoms with E-state index < -0.39 is 9.84 Å². The summed E-state index contributed by atoms with van der Waals surface area (Å²) in [5.41, 5.74) is 2.21. The van der Waals surface area contributed by atoms with Crippen molar-refractivity contribution in [1.29, 1.82) is 0 Å². The summed E-state index contributed by atoms with van der Waals surface area (Å²) < 4.78 is 23.3. The molecule has 0 aromatic carbocycles. The van der Waals surface area contributed by atoms with Crippen LogP contribution in [0.5, 0.6) is 0 Å². The fourth-order valence-corrected chi connectivity index (χ4v) is 3.37. The standard InChI is InChI=1S/C14H24O2S/c1-13(2,3)7-11-9-17(15,16)10-12(11)8-14(4,5)6/h9-10H,7-8H2,1-6H3. The molecule has 3 heteroatoms. The van der Waals surface area contributed by atoms with E-state index in [9.17, 15) is 8.42 Å². The molecular weight excluding hydrogens is 232 g/mol. The maximum Gasteiger partial charge on any atom is 0.193 e. The molecule has 0 fully saturated rings. The van der Waals surface area contributed by atoms with Crippen LogP contribution in [0.4, 0.5) is 0 Å². The molecule has 1 aliphatic rings. The number of hydrogen-bond acceptors (Lipinski definition) is 2. The summed E-state index contributed by atoms with van der Waals surface area (Å²) in [5, 5.41) is 2.89. The van der Waals surface area contributed by atoms with E-state index in [-0.39, 0.29) is 10.8 Å². The Labute approximate surface area is 106 Å². The highest BCUT2D eigenvalue weighted by Crippen LogP contribution is 2.38. The third-order valence-electron chi connectivity index (χ3n) is 2.47. The predicted molar refractivity (Wildman–Crippen MR) is 73.2 cm³/mol. The first-order valence-corrected chi connectivity index (χ1v) is 7.66. The molecule has 98 valence electrons. The zero-order chi connectivity index (χ0) is 13.5. The first-order chi connectivity index (χ1) is 7.38. The Morgan fingerprint density at radius 2 is 1.12 bits per heavy atom. The van der Waals surface area contributed by atoms with Crippen molar-refractivity contribution in [3.8, 4) is 0 Å². The molecule has 0 saturated carbocycles. The topological polar surface area (TPSA) is 34.1 Å². The van der Waals surface area contributed by atoms with Crippen LogP contribution in [-0.4, -0.2) is 8.42 Å². The second-order valence-corrected chi connectivity index (χ2v) is 9.00. The van der Waals surface area contributed by atoms with E-state index in [1.807, 2.05) is 0 Å². The minimum atomic E-state index is -3.11. The lowest BCUT2D eigenvalue weighted by molar-refractivity contribution is 0.391. The fraction of sp³-hybridized carbons (Fsp3) is 0.714. The molecule has 17 heavy (non-hydrogen) atoms. The zero-order valence-electron chi connectivity index (χ0n) is 11.8. The van der Waals surface area contributed by atoms with Crippen molar-refractivity contribution in [2.45, 2.75) is 54.4 Å². The van der Waals surface area contributed by atoms with Gasteiger partial charge in [-0.05, 0) is 34.8 Å². The van der Waals surface area contributed by atoms with Gasteiger partial charge >= 0.3 is 0 Å². The van der Waals surface area contributed by atoms with Crippen LogP contribution in [0.15, 0.2) is 22.0 Å². The highest BCUT2D eigenvalue weighted by Gasteiger charge is 2.26. The van der Waals surface area contributed by atoms with Gasteiger partial charge in [-0.1, -0.05) is 41.5 Å². The Kier molecular flexibility index (Phi) is 3.64. The maximum absolute atomic E-state index is 11.7. The number of hydrogen-bond donors (Lipinski definition) is 0. The molecule has 0 unspecified atom stereocenters. The summed E-state index contributed by atoms with van der Waals surface area (Å²) in [6.07, 6.45) is 1.63. The first-order valence-electron chi connectivity index (χ1n) is 6.05. The second kappa shape index (κ2) is 4.27. The second-order valence-electron chi connectivity index (χ2n) is 7.35. The molecule has 0 spiro atoms. The zero-order valence-corrected chi connectivity index (χ0v) is 12.6. The monoisotopic (exact) mass is 256 g/mol. The van der Waals surface area contributed by atoms with Crippen LogP contribution in [0.3, 0.4) is 0 Å². The smallest absolute Gasteiger partial charge is 0.193 e. The molecule has 1 aliphatic heterocycles. The van der Waals surface area contributed by atoms with E-state index in [4.69, 9.17) is 0 Å². The van der Waals surface area contributed by atoms with Crippen LogP contribution in [0.2, 0.25) is 0 Å². The van der Waals surface area contributed by atoms with Gasteiger partial charge in [-0.3, -0.25) is 0 Å². The van der Waals surface area contributed by atoms with Gasteiger partial charge in [0, 0.05) is 10.8 Å². The molecule has 0 aromatic rings. The summed E-state index contributed by atoms with van der Waals surface area (Å²) in [5.74, 6) is 0. The normalized spacial score (nSPS) is 20.1. The van der Waals surface area contributed by atoms with Gasteiger partial charge in [0.15, 0.2) is 9.84 Å². The molecule has 0 bridgehead atoms. The molecule has 1 rings (SSSR count). The molecule has 0 amide bonds. The van der Waals surface area contributed by atoms with Crippen LogP contribution in [0, 0.1) is 10.8 Å². The molecule has 0 aromatic heterocycles. The summed E-state index contributed by atoms with van der Waals surface area (Å²) in [4.78, 5) is 0. The maximum atomic E-state index is 11.7. The Bertz CT molecular complexity index is 413. The van der Waals surface area contributed by atoms with Crippen LogP contribution in [-0.2, 0) is 9.84 Å². The van der Waals surface area contributed by atoms with Crippen molar-refractivity contribution in [2.75, 3.05) is 0 Å². The van der Waals surface area contributed by atoms with E-state index in [0.29, 0.717) is 0 Å². The lowest BCUT2D eigenvalue weighted by Crippen LogP contribution is -2.11. The van der Waals surface area contributed by atoms with Crippen molar-refractivity contribution in [3.63, 3.8) is 0 Å². The van der Waals surface area contributed by atoms with Crippen LogP contribution in [0.1, 0.15) is 54.4 Å². The molecule has 0 atom stereocenters. The average Bonchev–Trinajstić information content (AvgIpc) is 2.17. The van der Waals surface area contributed by atoms with Crippen molar-refractivity contribution < 1.29 is 8.42 Å². The Balaban J connectivity index is 3.00. The summed E-state index contributed by atoms with van der Waals surface area (Å²) >= 11 is 0. The highest BCUT2D eigenvalue weighted by molar-refractivity contribution is 7.97. The van der Waals surface area contributed by atoms with Crippen LogP contribution >= 0.6 is 0 Å². The molecule has 0 radical (unpaired) electrons. The van der Waals surface area contributed by atoms with Crippen molar-refractivity contribution in [3.05, 3.63) is 22.0 Å². The summed E-state index contributed by atoms with van der Waals surface area (Å²) in [6.45, 7) is 12.8. The van der Waals surface area contributed by atoms with E-state index in [2.05, 4.69) is 41.5 Å². The minimum absolute atomic E-state index is 0.114.